The van der Waals surface area contributed by atoms with Crippen LogP contribution in [0.3, 0.4) is 0 Å². The van der Waals surface area contributed by atoms with E-state index in [2.05, 4.69) is 29.4 Å². The average molecular weight is 461 g/mol. The van der Waals surface area contributed by atoms with Crippen molar-refractivity contribution in [2.45, 2.75) is 58.7 Å². The molecule has 0 bridgehead atoms. The minimum Gasteiger partial charge on any atom is -0.491 e. The van der Waals surface area contributed by atoms with Gasteiger partial charge in [-0.15, -0.1) is 0 Å². The maximum absolute atomic E-state index is 13.3. The Bertz CT molecular complexity index is 827. The van der Waals surface area contributed by atoms with Crippen molar-refractivity contribution in [1.82, 2.24) is 15.1 Å². The minimum atomic E-state index is -0.289. The zero-order valence-corrected chi connectivity index (χ0v) is 20.9. The molecule has 1 aliphatic heterocycles. The van der Waals surface area contributed by atoms with E-state index in [0.717, 1.165) is 19.0 Å². The molecule has 1 aromatic rings. The molecule has 1 saturated carbocycles. The second-order valence-corrected chi connectivity index (χ2v) is 9.96. The standard InChI is InChI=1S/C25H40N4O4/c1-16(2)26-25(31)27-20-9-10-21-22(11-20)33-15-18(4)29(13-19-7-8-19)12-17(3)23(32-6)14-28(5)24(21)30/h9-11,16-19,23H,7-8,12-15H2,1-6H3,(H2,26,27,31)/t17-,18+,23-/m0/s1. The highest BCUT2D eigenvalue weighted by molar-refractivity contribution is 5.98. The number of likely N-dealkylation sites (N-methyl/N-ethyl adjacent to an activating group) is 1. The smallest absolute Gasteiger partial charge is 0.319 e. The number of urea groups is 1. The summed E-state index contributed by atoms with van der Waals surface area (Å²) in [5.74, 6) is 1.40. The molecule has 33 heavy (non-hydrogen) atoms. The molecule has 8 nitrogen and oxygen atoms in total. The number of rotatable bonds is 5. The predicted molar refractivity (Wildman–Crippen MR) is 130 cm³/mol. The molecule has 3 amide bonds. The number of nitrogens with one attached hydrogen (secondary N) is 2. The quantitative estimate of drug-likeness (QED) is 0.703. The lowest BCUT2D eigenvalue weighted by Gasteiger charge is -2.36. The van der Waals surface area contributed by atoms with Gasteiger partial charge in [0.25, 0.3) is 5.91 Å². The van der Waals surface area contributed by atoms with Gasteiger partial charge < -0.3 is 25.0 Å². The Morgan fingerprint density at radius 3 is 2.61 bits per heavy atom. The maximum atomic E-state index is 13.3. The first kappa shape index (κ1) is 25.3. The van der Waals surface area contributed by atoms with Crippen molar-refractivity contribution in [2.24, 2.45) is 11.8 Å². The van der Waals surface area contributed by atoms with Gasteiger partial charge in [-0.1, -0.05) is 6.92 Å². The Balaban J connectivity index is 1.88. The van der Waals surface area contributed by atoms with E-state index in [-0.39, 0.29) is 36.0 Å². The zero-order chi connectivity index (χ0) is 24.1. The molecule has 1 heterocycles. The first-order chi connectivity index (χ1) is 15.7. The number of carbonyl (C=O) groups is 2. The zero-order valence-electron chi connectivity index (χ0n) is 20.9. The lowest BCUT2D eigenvalue weighted by Crippen LogP contribution is -2.47. The molecule has 2 N–H and O–H groups in total. The third-order valence-corrected chi connectivity index (χ3v) is 6.44. The molecular formula is C25H40N4O4. The van der Waals surface area contributed by atoms with Gasteiger partial charge in [-0.3, -0.25) is 9.69 Å². The molecule has 2 aliphatic rings. The summed E-state index contributed by atoms with van der Waals surface area (Å²) in [7, 11) is 3.51. The fraction of sp³-hybridized carbons (Fsp3) is 0.680. The number of hydrogen-bond acceptors (Lipinski definition) is 5. The SMILES string of the molecule is CO[C@H]1CN(C)C(=O)c2ccc(NC(=O)NC(C)C)cc2OC[C@@H](C)N(CC2CC2)C[C@@H]1C. The molecule has 0 spiro atoms. The summed E-state index contributed by atoms with van der Waals surface area (Å²) in [6, 6.07) is 5.12. The lowest BCUT2D eigenvalue weighted by atomic mass is 10.0. The monoisotopic (exact) mass is 460 g/mol. The molecule has 0 saturated heterocycles. The van der Waals surface area contributed by atoms with E-state index in [9.17, 15) is 9.59 Å². The van der Waals surface area contributed by atoms with Crippen molar-refractivity contribution in [3.05, 3.63) is 23.8 Å². The number of amides is 3. The van der Waals surface area contributed by atoms with E-state index >= 15 is 0 Å². The molecule has 3 rings (SSSR count). The third-order valence-electron chi connectivity index (χ3n) is 6.44. The molecule has 3 atom stereocenters. The molecule has 184 valence electrons. The van der Waals surface area contributed by atoms with E-state index < -0.39 is 0 Å². The predicted octanol–water partition coefficient (Wildman–Crippen LogP) is 3.43. The number of fused-ring (bicyclic) bond motifs is 1. The topological polar surface area (TPSA) is 83.1 Å². The van der Waals surface area contributed by atoms with E-state index in [1.165, 1.54) is 12.8 Å². The van der Waals surface area contributed by atoms with Crippen LogP contribution in [0.4, 0.5) is 10.5 Å². The van der Waals surface area contributed by atoms with Crippen LogP contribution in [0.25, 0.3) is 0 Å². The number of carbonyl (C=O) groups excluding carboxylic acids is 2. The molecule has 0 radical (unpaired) electrons. The van der Waals surface area contributed by atoms with E-state index in [0.29, 0.717) is 30.2 Å². The van der Waals surface area contributed by atoms with Gasteiger partial charge in [-0.05, 0) is 57.6 Å². The fourth-order valence-corrected chi connectivity index (χ4v) is 4.24. The largest absolute Gasteiger partial charge is 0.491 e. The summed E-state index contributed by atoms with van der Waals surface area (Å²) in [6.45, 7) is 11.1. The Morgan fingerprint density at radius 1 is 1.24 bits per heavy atom. The molecule has 0 aromatic heterocycles. The van der Waals surface area contributed by atoms with E-state index in [1.807, 2.05) is 13.8 Å². The van der Waals surface area contributed by atoms with Gasteiger partial charge in [0.2, 0.25) is 0 Å². The normalized spacial score (nSPS) is 25.0. The van der Waals surface area contributed by atoms with Crippen molar-refractivity contribution in [3.63, 3.8) is 0 Å². The van der Waals surface area contributed by atoms with Crippen molar-refractivity contribution in [1.29, 1.82) is 0 Å². The Hall–Kier alpha value is -2.32. The van der Waals surface area contributed by atoms with Crippen molar-refractivity contribution in [3.8, 4) is 5.75 Å². The van der Waals surface area contributed by atoms with Crippen LogP contribution in [0.5, 0.6) is 5.75 Å². The molecule has 1 aliphatic carbocycles. The Labute approximate surface area is 198 Å². The van der Waals surface area contributed by atoms with Gasteiger partial charge in [0.05, 0.1) is 11.7 Å². The van der Waals surface area contributed by atoms with Gasteiger partial charge in [-0.25, -0.2) is 4.79 Å². The summed E-state index contributed by atoms with van der Waals surface area (Å²) >= 11 is 0. The lowest BCUT2D eigenvalue weighted by molar-refractivity contribution is 0.00994. The van der Waals surface area contributed by atoms with Crippen LogP contribution >= 0.6 is 0 Å². The highest BCUT2D eigenvalue weighted by atomic mass is 16.5. The van der Waals surface area contributed by atoms with Crippen LogP contribution in [0.2, 0.25) is 0 Å². The third kappa shape index (κ3) is 7.08. The summed E-state index contributed by atoms with van der Waals surface area (Å²) in [6.07, 6.45) is 2.52. The van der Waals surface area contributed by atoms with Crippen molar-refractivity contribution >= 4 is 17.6 Å². The van der Waals surface area contributed by atoms with Crippen molar-refractivity contribution < 1.29 is 19.1 Å². The Kier molecular flexibility index (Phi) is 8.59. The van der Waals surface area contributed by atoms with Crippen LogP contribution in [0.15, 0.2) is 18.2 Å². The number of hydrogen-bond donors (Lipinski definition) is 2. The highest BCUT2D eigenvalue weighted by Crippen LogP contribution is 2.32. The first-order valence-electron chi connectivity index (χ1n) is 12.0. The minimum absolute atomic E-state index is 0.0233. The van der Waals surface area contributed by atoms with E-state index in [4.69, 9.17) is 9.47 Å². The van der Waals surface area contributed by atoms with Gasteiger partial charge in [-0.2, -0.15) is 0 Å². The number of nitrogens with zero attached hydrogens (tertiary/aromatic N) is 2. The van der Waals surface area contributed by atoms with Crippen LogP contribution in [-0.2, 0) is 4.74 Å². The first-order valence-corrected chi connectivity index (χ1v) is 12.0. The molecular weight excluding hydrogens is 420 g/mol. The summed E-state index contributed by atoms with van der Waals surface area (Å²) in [5, 5.41) is 5.64. The van der Waals surface area contributed by atoms with Crippen LogP contribution in [-0.4, -0.2) is 80.3 Å². The number of anilines is 1. The van der Waals surface area contributed by atoms with E-state index in [1.54, 1.807) is 37.3 Å². The molecule has 1 fully saturated rings. The number of ether oxygens (including phenoxy) is 2. The second-order valence-electron chi connectivity index (χ2n) is 9.96. The fourth-order valence-electron chi connectivity index (χ4n) is 4.24. The molecule has 1 aromatic carbocycles. The summed E-state index contributed by atoms with van der Waals surface area (Å²) in [4.78, 5) is 29.6. The Morgan fingerprint density at radius 2 is 1.97 bits per heavy atom. The highest BCUT2D eigenvalue weighted by Gasteiger charge is 2.31. The van der Waals surface area contributed by atoms with Crippen LogP contribution < -0.4 is 15.4 Å². The van der Waals surface area contributed by atoms with Gasteiger partial charge >= 0.3 is 6.03 Å². The molecule has 8 heteroatoms. The number of methoxy groups -OCH3 is 1. The summed E-state index contributed by atoms with van der Waals surface area (Å²) < 4.78 is 12.0. The van der Waals surface area contributed by atoms with Crippen LogP contribution in [0.1, 0.15) is 50.9 Å². The van der Waals surface area contributed by atoms with Gasteiger partial charge in [0.1, 0.15) is 12.4 Å². The van der Waals surface area contributed by atoms with Crippen LogP contribution in [0, 0.1) is 11.8 Å². The maximum Gasteiger partial charge on any atom is 0.319 e. The average Bonchev–Trinajstić information content (AvgIpc) is 3.57. The van der Waals surface area contributed by atoms with Crippen molar-refractivity contribution in [2.75, 3.05) is 45.7 Å². The molecule has 0 unspecified atom stereocenters. The summed E-state index contributed by atoms with van der Waals surface area (Å²) in [5.41, 5.74) is 1.07. The van der Waals surface area contributed by atoms with Gasteiger partial charge in [0, 0.05) is 57.6 Å². The van der Waals surface area contributed by atoms with Gasteiger partial charge in [0.15, 0.2) is 0 Å². The number of benzene rings is 1. The second kappa shape index (κ2) is 11.2.